The lowest BCUT2D eigenvalue weighted by atomic mass is 10.2. The molecule has 0 spiro atoms. The van der Waals surface area contributed by atoms with Crippen LogP contribution >= 0.6 is 0 Å². The van der Waals surface area contributed by atoms with Gasteiger partial charge in [0.1, 0.15) is 0 Å². The van der Waals surface area contributed by atoms with Gasteiger partial charge in [0.05, 0.1) is 28.6 Å². The molecule has 0 aliphatic rings. The molecule has 0 bridgehead atoms. The van der Waals surface area contributed by atoms with Gasteiger partial charge < -0.3 is 0 Å². The van der Waals surface area contributed by atoms with Crippen LogP contribution < -0.4 is 0 Å². The fraction of sp³-hybridized carbons (Fsp3) is 0.0769. The monoisotopic (exact) mass is 254 g/mol. The second-order valence-electron chi connectivity index (χ2n) is 4.12. The number of hydrogen-bond donors (Lipinski definition) is 0. The van der Waals surface area contributed by atoms with Crippen LogP contribution in [0, 0.1) is 10.1 Å². The van der Waals surface area contributed by atoms with E-state index in [2.05, 4.69) is 10.1 Å². The summed E-state index contributed by atoms with van der Waals surface area (Å²) in [4.78, 5) is 14.5. The van der Waals surface area contributed by atoms with Gasteiger partial charge in [-0.25, -0.2) is 0 Å². The molecule has 19 heavy (non-hydrogen) atoms. The van der Waals surface area contributed by atoms with E-state index in [0.717, 1.165) is 11.1 Å². The van der Waals surface area contributed by atoms with Crippen molar-refractivity contribution in [2.45, 2.75) is 6.54 Å². The summed E-state index contributed by atoms with van der Waals surface area (Å²) in [5.41, 5.74) is 1.89. The molecule has 0 N–H and O–H groups in total. The van der Waals surface area contributed by atoms with Crippen molar-refractivity contribution in [2.75, 3.05) is 0 Å². The smallest absolute Gasteiger partial charge is 0.265 e. The Morgan fingerprint density at radius 1 is 1.21 bits per heavy atom. The van der Waals surface area contributed by atoms with E-state index in [0.29, 0.717) is 11.9 Å². The number of aromatic nitrogens is 3. The van der Waals surface area contributed by atoms with E-state index in [9.17, 15) is 10.1 Å². The predicted octanol–water partition coefficient (Wildman–Crippen LogP) is 2.39. The number of pyridine rings is 1. The largest absolute Gasteiger partial charge is 0.280 e. The molecule has 0 unspecified atom stereocenters. The topological polar surface area (TPSA) is 73.8 Å². The van der Waals surface area contributed by atoms with E-state index in [1.807, 2.05) is 18.2 Å². The van der Waals surface area contributed by atoms with Crippen LogP contribution in [0.1, 0.15) is 5.56 Å². The molecule has 0 saturated heterocycles. The Labute approximate surface area is 108 Å². The first-order valence-corrected chi connectivity index (χ1v) is 5.73. The summed E-state index contributed by atoms with van der Waals surface area (Å²) < 4.78 is 1.75. The Morgan fingerprint density at radius 2 is 2.00 bits per heavy atom. The molecule has 0 fully saturated rings. The van der Waals surface area contributed by atoms with E-state index < -0.39 is 0 Å². The SMILES string of the molecule is O=[N+]([O-])c1cccc2c1cnn2Cc1ccncc1. The van der Waals surface area contributed by atoms with Crippen molar-refractivity contribution in [3.8, 4) is 0 Å². The van der Waals surface area contributed by atoms with Crippen LogP contribution in [0.2, 0.25) is 0 Å². The molecule has 2 aromatic heterocycles. The summed E-state index contributed by atoms with van der Waals surface area (Å²) in [6, 6.07) is 8.78. The van der Waals surface area contributed by atoms with Crippen molar-refractivity contribution < 1.29 is 4.92 Å². The Morgan fingerprint density at radius 3 is 2.74 bits per heavy atom. The van der Waals surface area contributed by atoms with Gasteiger partial charge in [0.15, 0.2) is 0 Å². The molecule has 2 heterocycles. The molecule has 3 aromatic rings. The van der Waals surface area contributed by atoms with Crippen LogP contribution in [0.15, 0.2) is 48.9 Å². The Balaban J connectivity index is 2.07. The third-order valence-corrected chi connectivity index (χ3v) is 2.94. The predicted molar refractivity (Wildman–Crippen MR) is 69.7 cm³/mol. The third-order valence-electron chi connectivity index (χ3n) is 2.94. The number of rotatable bonds is 3. The van der Waals surface area contributed by atoms with Crippen molar-refractivity contribution in [2.24, 2.45) is 0 Å². The number of nitrogens with zero attached hydrogens (tertiary/aromatic N) is 4. The lowest BCUT2D eigenvalue weighted by Gasteiger charge is -2.03. The fourth-order valence-electron chi connectivity index (χ4n) is 2.03. The van der Waals surface area contributed by atoms with E-state index in [1.165, 1.54) is 12.3 Å². The molecule has 6 nitrogen and oxygen atoms in total. The van der Waals surface area contributed by atoms with E-state index in [4.69, 9.17) is 0 Å². The summed E-state index contributed by atoms with van der Waals surface area (Å²) in [5.74, 6) is 0. The first-order chi connectivity index (χ1) is 9.25. The zero-order valence-corrected chi connectivity index (χ0v) is 9.93. The van der Waals surface area contributed by atoms with Crippen LogP contribution in [-0.2, 0) is 6.54 Å². The van der Waals surface area contributed by atoms with Gasteiger partial charge in [-0.15, -0.1) is 0 Å². The van der Waals surface area contributed by atoms with Crippen molar-refractivity contribution in [3.05, 3.63) is 64.6 Å². The zero-order chi connectivity index (χ0) is 13.2. The Kier molecular flexibility index (Phi) is 2.68. The molecule has 0 amide bonds. The first kappa shape index (κ1) is 11.3. The van der Waals surface area contributed by atoms with Crippen molar-refractivity contribution in [1.82, 2.24) is 14.8 Å². The normalized spacial score (nSPS) is 10.7. The summed E-state index contributed by atoms with van der Waals surface area (Å²) >= 11 is 0. The van der Waals surface area contributed by atoms with Gasteiger partial charge in [0.2, 0.25) is 0 Å². The summed E-state index contributed by atoms with van der Waals surface area (Å²) in [5, 5.41) is 15.7. The second kappa shape index (κ2) is 4.49. The first-order valence-electron chi connectivity index (χ1n) is 5.73. The quantitative estimate of drug-likeness (QED) is 0.531. The van der Waals surface area contributed by atoms with Gasteiger partial charge in [0, 0.05) is 18.5 Å². The standard InChI is InChI=1S/C13H10N4O2/c18-17(19)13-3-1-2-12-11(13)8-15-16(12)9-10-4-6-14-7-5-10/h1-8H,9H2. The summed E-state index contributed by atoms with van der Waals surface area (Å²) in [6.45, 7) is 0.563. The molecule has 6 heteroatoms. The van der Waals surface area contributed by atoms with Crippen molar-refractivity contribution in [1.29, 1.82) is 0 Å². The Hall–Kier alpha value is -2.76. The molecule has 1 aromatic carbocycles. The average molecular weight is 254 g/mol. The van der Waals surface area contributed by atoms with Crippen LogP contribution in [0.3, 0.4) is 0 Å². The highest BCUT2D eigenvalue weighted by atomic mass is 16.6. The second-order valence-corrected chi connectivity index (χ2v) is 4.12. The molecular formula is C13H10N4O2. The molecule has 0 saturated carbocycles. The number of nitro benzene ring substituents is 1. The van der Waals surface area contributed by atoms with Crippen molar-refractivity contribution >= 4 is 16.6 Å². The van der Waals surface area contributed by atoms with Gasteiger partial charge in [-0.05, 0) is 23.8 Å². The highest BCUT2D eigenvalue weighted by Crippen LogP contribution is 2.25. The maximum atomic E-state index is 10.9. The van der Waals surface area contributed by atoms with E-state index >= 15 is 0 Å². The highest BCUT2D eigenvalue weighted by Gasteiger charge is 2.14. The maximum Gasteiger partial charge on any atom is 0.280 e. The van der Waals surface area contributed by atoms with Crippen LogP contribution in [0.5, 0.6) is 0 Å². The lowest BCUT2D eigenvalue weighted by Crippen LogP contribution is -2.01. The number of benzene rings is 1. The number of non-ortho nitro benzene ring substituents is 1. The number of nitro groups is 1. The molecule has 0 radical (unpaired) electrons. The van der Waals surface area contributed by atoms with Gasteiger partial charge in [0.25, 0.3) is 5.69 Å². The average Bonchev–Trinajstić information content (AvgIpc) is 2.83. The molecule has 0 aliphatic carbocycles. The zero-order valence-electron chi connectivity index (χ0n) is 9.93. The molecule has 94 valence electrons. The number of fused-ring (bicyclic) bond motifs is 1. The molecular weight excluding hydrogens is 244 g/mol. The lowest BCUT2D eigenvalue weighted by molar-refractivity contribution is -0.383. The van der Waals surface area contributed by atoms with Crippen LogP contribution in [0.4, 0.5) is 5.69 Å². The third kappa shape index (κ3) is 2.03. The summed E-state index contributed by atoms with van der Waals surface area (Å²) in [7, 11) is 0. The number of hydrogen-bond acceptors (Lipinski definition) is 4. The van der Waals surface area contributed by atoms with E-state index in [-0.39, 0.29) is 10.6 Å². The van der Waals surface area contributed by atoms with Crippen LogP contribution in [-0.4, -0.2) is 19.7 Å². The highest BCUT2D eigenvalue weighted by molar-refractivity contribution is 5.87. The van der Waals surface area contributed by atoms with Gasteiger partial charge >= 0.3 is 0 Å². The minimum atomic E-state index is -0.388. The minimum absolute atomic E-state index is 0.0819. The van der Waals surface area contributed by atoms with Gasteiger partial charge in [-0.1, -0.05) is 6.07 Å². The van der Waals surface area contributed by atoms with Crippen LogP contribution in [0.25, 0.3) is 10.9 Å². The maximum absolute atomic E-state index is 10.9. The van der Waals surface area contributed by atoms with Crippen molar-refractivity contribution in [3.63, 3.8) is 0 Å². The molecule has 0 atom stereocenters. The minimum Gasteiger partial charge on any atom is -0.265 e. The molecule has 3 rings (SSSR count). The fourth-order valence-corrected chi connectivity index (χ4v) is 2.03. The Bertz CT molecular complexity index is 737. The van der Waals surface area contributed by atoms with E-state index in [1.54, 1.807) is 23.1 Å². The van der Waals surface area contributed by atoms with Gasteiger partial charge in [-0.3, -0.25) is 19.8 Å². The summed E-state index contributed by atoms with van der Waals surface area (Å²) in [6.07, 6.45) is 4.96. The molecule has 0 aliphatic heterocycles. The van der Waals surface area contributed by atoms with Gasteiger partial charge in [-0.2, -0.15) is 5.10 Å².